The fourth-order valence-electron chi connectivity index (χ4n) is 12.9. The van der Waals surface area contributed by atoms with Gasteiger partial charge in [-0.05, 0) is 112 Å². The van der Waals surface area contributed by atoms with Crippen LogP contribution in [0.5, 0.6) is 11.8 Å². The van der Waals surface area contributed by atoms with E-state index in [0.29, 0.717) is 27.1 Å². The predicted molar refractivity (Wildman–Crippen MR) is 258 cm³/mol. The van der Waals surface area contributed by atoms with Gasteiger partial charge < -0.3 is 23.8 Å². The Bertz CT molecular complexity index is 2690. The number of piperazine rings is 1. The number of methoxy groups -OCH3 is 1. The Morgan fingerprint density at radius 3 is 2.26 bits per heavy atom. The second-order valence-corrected chi connectivity index (χ2v) is 27.6. The highest BCUT2D eigenvalue weighted by atomic mass is 28.3. The average Bonchev–Trinajstić information content (AvgIpc) is 3.88. The van der Waals surface area contributed by atoms with E-state index in [1.807, 2.05) is 6.92 Å². The molecule has 5 aliphatic rings. The van der Waals surface area contributed by atoms with Gasteiger partial charge in [0.1, 0.15) is 48.9 Å². The molecule has 2 aromatic heterocycles. The lowest BCUT2D eigenvalue weighted by Gasteiger charge is -2.53. The van der Waals surface area contributed by atoms with Gasteiger partial charge in [-0.25, -0.2) is 32.2 Å². The number of pyridine rings is 1. The molecule has 11 nitrogen and oxygen atoms in total. The van der Waals surface area contributed by atoms with Crippen LogP contribution in [0.15, 0.2) is 24.3 Å². The molecule has 2 aromatic carbocycles. The van der Waals surface area contributed by atoms with Crippen LogP contribution in [-0.2, 0) is 15.9 Å². The first kappa shape index (κ1) is 48.3. The molecule has 2 bridgehead atoms. The van der Waals surface area contributed by atoms with Crippen molar-refractivity contribution < 1.29 is 41.3 Å². The molecule has 0 N–H and O–H groups in total. The van der Waals surface area contributed by atoms with Crippen LogP contribution in [0.1, 0.15) is 119 Å². The lowest BCUT2D eigenvalue weighted by molar-refractivity contribution is -0.139. The van der Waals surface area contributed by atoms with E-state index in [-0.39, 0.29) is 94.4 Å². The van der Waals surface area contributed by atoms with Crippen molar-refractivity contribution in [1.82, 2.24) is 24.8 Å². The SMILES string of the molecule is COCOc1cc(-c2nc3c4c(nc(OCC56CCCN5CCC6)nc4c2F)N2C[C@@]4(F)CC[C@@](F)([C@@H]2[C@@H](C)C3)N4C(=O)OC(C)(C)C)c2c(C#C[Si](C(C)C)(C(C)C)C(C)C)c(F)ccc2c1. The number of alkyl halides is 2. The maximum atomic E-state index is 18.3. The smallest absolute Gasteiger partial charge is 0.415 e. The predicted octanol–water partition coefficient (Wildman–Crippen LogP) is 11.4. The second-order valence-electron chi connectivity index (χ2n) is 22.0. The van der Waals surface area contributed by atoms with Crippen molar-refractivity contribution in [3.8, 4) is 34.5 Å². The minimum Gasteiger partial charge on any atom is -0.468 e. The summed E-state index contributed by atoms with van der Waals surface area (Å²) >= 11 is 0. The van der Waals surface area contributed by atoms with Crippen molar-refractivity contribution in [3.63, 3.8) is 0 Å². The number of ether oxygens (including phenoxy) is 4. The molecule has 4 aromatic rings. The van der Waals surface area contributed by atoms with Crippen LogP contribution in [0.3, 0.4) is 0 Å². The number of anilines is 1. The molecule has 4 saturated heterocycles. The number of nitrogens with zero attached hydrogens (tertiary/aromatic N) is 6. The van der Waals surface area contributed by atoms with E-state index in [4.69, 9.17) is 33.9 Å². The maximum Gasteiger partial charge on any atom is 0.415 e. The minimum atomic E-state index is -2.54. The fourth-order valence-corrected chi connectivity index (χ4v) is 18.1. The summed E-state index contributed by atoms with van der Waals surface area (Å²) in [6.45, 7) is 21.5. The van der Waals surface area contributed by atoms with Gasteiger partial charge in [0, 0.05) is 30.9 Å². The zero-order chi connectivity index (χ0) is 48.9. The quantitative estimate of drug-likeness (QED) is 0.0502. The van der Waals surface area contributed by atoms with Crippen molar-refractivity contribution in [2.24, 2.45) is 5.92 Å². The first-order valence-electron chi connectivity index (χ1n) is 24.4. The number of halogens is 4. The highest BCUT2D eigenvalue weighted by Crippen LogP contribution is 2.56. The fraction of sp³-hybridized carbons (Fsp3) is 0.615. The van der Waals surface area contributed by atoms with Gasteiger partial charge in [-0.15, -0.1) is 5.54 Å². The number of hydrogen-bond acceptors (Lipinski definition) is 10. The third-order valence-electron chi connectivity index (χ3n) is 15.7. The summed E-state index contributed by atoms with van der Waals surface area (Å²) in [4.78, 5) is 33.3. The third-order valence-corrected chi connectivity index (χ3v) is 22.0. The topological polar surface area (TPSA) is 102 Å². The number of benzene rings is 2. The number of carbonyl (C=O) groups excluding carboxylic acids is 1. The van der Waals surface area contributed by atoms with Crippen molar-refractivity contribution in [1.29, 1.82) is 0 Å². The van der Waals surface area contributed by atoms with E-state index < -0.39 is 61.5 Å². The highest BCUT2D eigenvalue weighted by Gasteiger charge is 2.70. The zero-order valence-electron chi connectivity index (χ0n) is 41.4. The highest BCUT2D eigenvalue weighted by molar-refractivity contribution is 6.90. The van der Waals surface area contributed by atoms with Crippen molar-refractivity contribution in [2.75, 3.05) is 45.0 Å². The molecule has 1 amide bonds. The number of rotatable bonds is 10. The molecular formula is C52H66F4N6O5Si. The van der Waals surface area contributed by atoms with Crippen molar-refractivity contribution in [3.05, 3.63) is 47.2 Å². The van der Waals surface area contributed by atoms with Gasteiger partial charge in [-0.3, -0.25) is 4.90 Å². The van der Waals surface area contributed by atoms with Crippen LogP contribution in [-0.4, -0.2) is 108 Å². The summed E-state index contributed by atoms with van der Waals surface area (Å²) in [6, 6.07) is 5.05. The van der Waals surface area contributed by atoms with Crippen LogP contribution in [0.2, 0.25) is 16.6 Å². The standard InChI is InChI=1S/C52H66F4N6O5Si/c1-30(2)68(31(3)4,32(5)6)23-16-36-38(53)15-14-34-25-35(66-29-64-11)26-37(40(34)36)43-42(54)44-41-39(57-43)24-33(7)45-52(56)20-19-51(55,62(52)48(63)67-49(8,9)10)27-61(45)46(41)59-47(58-44)65-28-50-17-12-21-60(50)22-13-18-50/h14-15,25-26,30-33,45H,12-13,17-22,24,27-29H2,1-11H3/t33-,45-,51+,52-/m0/s1. The molecule has 5 aliphatic heterocycles. The van der Waals surface area contributed by atoms with Crippen LogP contribution >= 0.6 is 0 Å². The molecule has 4 fully saturated rings. The number of aromatic nitrogens is 3. The molecule has 0 aliphatic carbocycles. The maximum absolute atomic E-state index is 18.3. The summed E-state index contributed by atoms with van der Waals surface area (Å²) in [5.74, 6) is -3.35. The van der Waals surface area contributed by atoms with Crippen LogP contribution in [0.4, 0.5) is 28.2 Å². The molecule has 16 heteroatoms. The number of carbonyl (C=O) groups is 1. The Balaban J connectivity index is 1.29. The van der Waals surface area contributed by atoms with Gasteiger partial charge in [-0.2, -0.15) is 9.97 Å². The Morgan fingerprint density at radius 1 is 0.926 bits per heavy atom. The molecule has 0 radical (unpaired) electrons. The lowest BCUT2D eigenvalue weighted by atomic mass is 9.86. The summed E-state index contributed by atoms with van der Waals surface area (Å²) in [7, 11) is -0.906. The van der Waals surface area contributed by atoms with Gasteiger partial charge in [0.05, 0.1) is 34.8 Å². The monoisotopic (exact) mass is 958 g/mol. The molecule has 0 unspecified atom stereocenters. The molecule has 0 spiro atoms. The molecule has 68 heavy (non-hydrogen) atoms. The van der Waals surface area contributed by atoms with E-state index in [2.05, 4.69) is 57.9 Å². The van der Waals surface area contributed by atoms with Crippen LogP contribution in [0, 0.1) is 29.0 Å². The third kappa shape index (κ3) is 7.77. The normalized spacial score (nSPS) is 24.4. The molecular weight excluding hydrogens is 893 g/mol. The second kappa shape index (κ2) is 17.3. The molecule has 366 valence electrons. The molecule has 7 heterocycles. The van der Waals surface area contributed by atoms with E-state index in [0.717, 1.165) is 38.8 Å². The van der Waals surface area contributed by atoms with Crippen molar-refractivity contribution >= 4 is 41.7 Å². The van der Waals surface area contributed by atoms with Gasteiger partial charge >= 0.3 is 12.1 Å². The van der Waals surface area contributed by atoms with Gasteiger partial charge in [0.15, 0.2) is 12.6 Å². The number of amides is 1. The molecule has 0 saturated carbocycles. The van der Waals surface area contributed by atoms with E-state index in [9.17, 15) is 4.79 Å². The first-order chi connectivity index (χ1) is 32.1. The summed E-state index contributed by atoms with van der Waals surface area (Å²) < 4.78 is 94.2. The average molecular weight is 959 g/mol. The lowest BCUT2D eigenvalue weighted by Crippen LogP contribution is -2.72. The molecule has 9 rings (SSSR count). The Kier molecular flexibility index (Phi) is 12.3. The summed E-state index contributed by atoms with van der Waals surface area (Å²) in [6.07, 6.45) is 2.29. The number of hydrogen-bond donors (Lipinski definition) is 0. The van der Waals surface area contributed by atoms with E-state index in [1.165, 1.54) is 13.2 Å². The van der Waals surface area contributed by atoms with Gasteiger partial charge in [0.25, 0.3) is 0 Å². The van der Waals surface area contributed by atoms with Gasteiger partial charge in [-0.1, -0.05) is 60.5 Å². The Morgan fingerprint density at radius 2 is 1.62 bits per heavy atom. The van der Waals surface area contributed by atoms with E-state index in [1.54, 1.807) is 43.9 Å². The van der Waals surface area contributed by atoms with Gasteiger partial charge in [0.2, 0.25) is 11.6 Å². The minimum absolute atomic E-state index is 0.0663. The Labute approximate surface area is 398 Å². The zero-order valence-corrected chi connectivity index (χ0v) is 42.4. The number of fused-ring (bicyclic) bond motifs is 7. The summed E-state index contributed by atoms with van der Waals surface area (Å²) in [5, 5.41) is 1.08. The largest absolute Gasteiger partial charge is 0.468 e. The van der Waals surface area contributed by atoms with Crippen LogP contribution in [0.25, 0.3) is 32.9 Å². The van der Waals surface area contributed by atoms with Crippen LogP contribution < -0.4 is 14.4 Å². The van der Waals surface area contributed by atoms with E-state index >= 15 is 17.6 Å². The summed E-state index contributed by atoms with van der Waals surface area (Å²) in [5.41, 5.74) is 3.56. The first-order valence-corrected chi connectivity index (χ1v) is 26.7. The van der Waals surface area contributed by atoms with Crippen molar-refractivity contribution in [2.45, 2.75) is 160 Å². The molecule has 4 atom stereocenters. The Hall–Kier alpha value is -4.72.